The zero-order valence-electron chi connectivity index (χ0n) is 11.0. The lowest BCUT2D eigenvalue weighted by Crippen LogP contribution is -2.44. The van der Waals surface area contributed by atoms with Crippen LogP contribution in [0.25, 0.3) is 0 Å². The Balaban J connectivity index is 1.89. The Morgan fingerprint density at radius 2 is 2.06 bits per heavy atom. The van der Waals surface area contributed by atoms with Gasteiger partial charge in [-0.1, -0.05) is 19.3 Å². The number of carbonyl (C=O) groups is 1. The van der Waals surface area contributed by atoms with E-state index >= 15 is 0 Å². The average Bonchev–Trinajstić information content (AvgIpc) is 2.83. The predicted molar refractivity (Wildman–Crippen MR) is 67.6 cm³/mol. The summed E-state index contributed by atoms with van der Waals surface area (Å²) in [6.07, 6.45) is 6.51. The molecule has 0 aromatic carbocycles. The number of nitriles is 1. The molecule has 0 radical (unpaired) electrons. The van der Waals surface area contributed by atoms with E-state index in [4.69, 9.17) is 4.74 Å². The molecule has 0 spiro atoms. The second-order valence-electron chi connectivity index (χ2n) is 5.48. The molecule has 4 heteroatoms. The van der Waals surface area contributed by atoms with Gasteiger partial charge in [-0.2, -0.15) is 5.26 Å². The van der Waals surface area contributed by atoms with Gasteiger partial charge >= 0.3 is 0 Å². The summed E-state index contributed by atoms with van der Waals surface area (Å²) in [5, 5.41) is 12.2. The van der Waals surface area contributed by atoms with Crippen LogP contribution in [0, 0.1) is 23.2 Å². The average molecular weight is 250 g/mol. The molecule has 1 saturated carbocycles. The lowest BCUT2D eigenvalue weighted by Gasteiger charge is -2.27. The predicted octanol–water partition coefficient (Wildman–Crippen LogP) is 2.00. The van der Waals surface area contributed by atoms with Gasteiger partial charge in [-0.15, -0.1) is 0 Å². The topological polar surface area (TPSA) is 62.1 Å². The smallest absolute Gasteiger partial charge is 0.226 e. The van der Waals surface area contributed by atoms with Gasteiger partial charge < -0.3 is 10.1 Å². The van der Waals surface area contributed by atoms with Crippen LogP contribution in [0.1, 0.15) is 45.4 Å². The van der Waals surface area contributed by atoms with Crippen molar-refractivity contribution in [1.82, 2.24) is 5.32 Å². The van der Waals surface area contributed by atoms with E-state index in [0.29, 0.717) is 12.5 Å². The summed E-state index contributed by atoms with van der Waals surface area (Å²) in [6.45, 7) is 2.58. The number of rotatable bonds is 3. The van der Waals surface area contributed by atoms with E-state index in [9.17, 15) is 10.1 Å². The Morgan fingerprint density at radius 1 is 1.33 bits per heavy atom. The van der Waals surface area contributed by atoms with Crippen LogP contribution in [-0.4, -0.2) is 24.7 Å². The Hall–Kier alpha value is -1.08. The maximum Gasteiger partial charge on any atom is 0.226 e. The van der Waals surface area contributed by atoms with E-state index in [1.54, 1.807) is 0 Å². The summed E-state index contributed by atoms with van der Waals surface area (Å²) >= 11 is 0. The third-order valence-electron chi connectivity index (χ3n) is 4.27. The van der Waals surface area contributed by atoms with Crippen LogP contribution in [0.3, 0.4) is 0 Å². The SMILES string of the molecule is CC1OCCC1C(=O)NC(C#N)C1CCCCC1. The molecule has 1 N–H and O–H groups in total. The highest BCUT2D eigenvalue weighted by Gasteiger charge is 2.33. The Bertz CT molecular complexity index is 331. The second kappa shape index (κ2) is 6.19. The summed E-state index contributed by atoms with van der Waals surface area (Å²) in [4.78, 5) is 12.1. The Labute approximate surface area is 109 Å². The number of hydrogen-bond donors (Lipinski definition) is 1. The molecule has 0 aromatic rings. The van der Waals surface area contributed by atoms with E-state index < -0.39 is 0 Å². The van der Waals surface area contributed by atoms with Crippen molar-refractivity contribution in [2.75, 3.05) is 6.61 Å². The Morgan fingerprint density at radius 3 is 2.61 bits per heavy atom. The molecule has 0 bridgehead atoms. The van der Waals surface area contributed by atoms with Crippen molar-refractivity contribution < 1.29 is 9.53 Å². The Kier molecular flexibility index (Phi) is 4.60. The fourth-order valence-corrected chi connectivity index (χ4v) is 3.06. The summed E-state index contributed by atoms with van der Waals surface area (Å²) < 4.78 is 5.40. The lowest BCUT2D eigenvalue weighted by atomic mass is 9.84. The van der Waals surface area contributed by atoms with Gasteiger partial charge in [0.15, 0.2) is 0 Å². The fraction of sp³-hybridized carbons (Fsp3) is 0.857. The van der Waals surface area contributed by atoms with Crippen molar-refractivity contribution in [2.24, 2.45) is 11.8 Å². The summed E-state index contributed by atoms with van der Waals surface area (Å²) in [7, 11) is 0. The lowest BCUT2D eigenvalue weighted by molar-refractivity contribution is -0.127. The van der Waals surface area contributed by atoms with Crippen LogP contribution >= 0.6 is 0 Å². The zero-order valence-corrected chi connectivity index (χ0v) is 11.0. The molecule has 1 amide bonds. The maximum atomic E-state index is 12.1. The van der Waals surface area contributed by atoms with Crippen molar-refractivity contribution in [3.8, 4) is 6.07 Å². The molecule has 2 aliphatic rings. The molecule has 1 aliphatic carbocycles. The van der Waals surface area contributed by atoms with Gasteiger partial charge in [-0.3, -0.25) is 4.79 Å². The molecule has 1 heterocycles. The molecule has 2 rings (SSSR count). The quantitative estimate of drug-likeness (QED) is 0.833. The molecular weight excluding hydrogens is 228 g/mol. The van der Waals surface area contributed by atoms with Crippen molar-refractivity contribution >= 4 is 5.91 Å². The third kappa shape index (κ3) is 3.02. The molecule has 2 fully saturated rings. The highest BCUT2D eigenvalue weighted by molar-refractivity contribution is 5.80. The summed E-state index contributed by atoms with van der Waals surface area (Å²) in [5.74, 6) is 0.256. The number of hydrogen-bond acceptors (Lipinski definition) is 3. The van der Waals surface area contributed by atoms with Gasteiger partial charge in [0.05, 0.1) is 18.1 Å². The summed E-state index contributed by atoms with van der Waals surface area (Å²) in [5.41, 5.74) is 0. The highest BCUT2D eigenvalue weighted by atomic mass is 16.5. The molecule has 1 saturated heterocycles. The minimum absolute atomic E-state index is 0.00266. The van der Waals surface area contributed by atoms with E-state index in [1.165, 1.54) is 19.3 Å². The minimum Gasteiger partial charge on any atom is -0.378 e. The van der Waals surface area contributed by atoms with Crippen LogP contribution in [-0.2, 0) is 9.53 Å². The molecule has 18 heavy (non-hydrogen) atoms. The summed E-state index contributed by atoms with van der Waals surface area (Å²) in [6, 6.07) is 1.95. The standard InChI is InChI=1S/C14H22N2O2/c1-10-12(7-8-18-10)14(17)16-13(9-15)11-5-3-2-4-6-11/h10-13H,2-8H2,1H3,(H,16,17). The van der Waals surface area contributed by atoms with Crippen LogP contribution in [0.4, 0.5) is 0 Å². The van der Waals surface area contributed by atoms with Crippen LogP contribution in [0.15, 0.2) is 0 Å². The van der Waals surface area contributed by atoms with E-state index in [1.807, 2.05) is 6.92 Å². The first-order valence-electron chi connectivity index (χ1n) is 7.04. The zero-order chi connectivity index (χ0) is 13.0. The molecule has 100 valence electrons. The fourth-order valence-electron chi connectivity index (χ4n) is 3.06. The second-order valence-corrected chi connectivity index (χ2v) is 5.48. The van der Waals surface area contributed by atoms with Crippen LogP contribution in [0.5, 0.6) is 0 Å². The van der Waals surface area contributed by atoms with Crippen molar-refractivity contribution in [3.63, 3.8) is 0 Å². The van der Waals surface area contributed by atoms with E-state index in [0.717, 1.165) is 19.3 Å². The number of ether oxygens (including phenoxy) is 1. The first-order chi connectivity index (χ1) is 8.72. The minimum atomic E-state index is -0.314. The van der Waals surface area contributed by atoms with Crippen molar-refractivity contribution in [3.05, 3.63) is 0 Å². The van der Waals surface area contributed by atoms with Crippen molar-refractivity contribution in [1.29, 1.82) is 5.26 Å². The number of carbonyl (C=O) groups excluding carboxylic acids is 1. The molecule has 3 unspecified atom stereocenters. The molecule has 1 aliphatic heterocycles. The van der Waals surface area contributed by atoms with Gasteiger partial charge in [-0.05, 0) is 32.1 Å². The van der Waals surface area contributed by atoms with Gasteiger partial charge in [-0.25, -0.2) is 0 Å². The number of amides is 1. The highest BCUT2D eigenvalue weighted by Crippen LogP contribution is 2.27. The molecule has 0 aromatic heterocycles. The van der Waals surface area contributed by atoms with Gasteiger partial charge in [0.1, 0.15) is 6.04 Å². The van der Waals surface area contributed by atoms with Crippen molar-refractivity contribution in [2.45, 2.75) is 57.6 Å². The maximum absolute atomic E-state index is 12.1. The van der Waals surface area contributed by atoms with Crippen LogP contribution in [0.2, 0.25) is 0 Å². The van der Waals surface area contributed by atoms with Crippen LogP contribution < -0.4 is 5.32 Å². The van der Waals surface area contributed by atoms with E-state index in [-0.39, 0.29) is 24.0 Å². The molecule has 3 atom stereocenters. The van der Waals surface area contributed by atoms with Gasteiger partial charge in [0.2, 0.25) is 5.91 Å². The first-order valence-corrected chi connectivity index (χ1v) is 7.04. The monoisotopic (exact) mass is 250 g/mol. The first kappa shape index (κ1) is 13.4. The normalized spacial score (nSPS) is 30.7. The molecule has 4 nitrogen and oxygen atoms in total. The van der Waals surface area contributed by atoms with Gasteiger partial charge in [0, 0.05) is 6.61 Å². The van der Waals surface area contributed by atoms with E-state index in [2.05, 4.69) is 11.4 Å². The third-order valence-corrected chi connectivity index (χ3v) is 4.27. The van der Waals surface area contributed by atoms with Gasteiger partial charge in [0.25, 0.3) is 0 Å². The largest absolute Gasteiger partial charge is 0.378 e. The number of nitrogens with zero attached hydrogens (tertiary/aromatic N) is 1. The number of nitrogens with one attached hydrogen (secondary N) is 1. The molecular formula is C14H22N2O2.